The molecule has 0 unspecified atom stereocenters. The van der Waals surface area contributed by atoms with Crippen molar-refractivity contribution in [2.45, 2.75) is 70.8 Å². The third-order valence-electron chi connectivity index (χ3n) is 5.20. The molecule has 0 aromatic carbocycles. The average molecular weight is 320 g/mol. The summed E-state index contributed by atoms with van der Waals surface area (Å²) >= 11 is 0. The lowest BCUT2D eigenvalue weighted by molar-refractivity contribution is 0.245. The molecule has 5 heteroatoms. The lowest BCUT2D eigenvalue weighted by Crippen LogP contribution is -2.59. The van der Waals surface area contributed by atoms with Crippen LogP contribution in [0.25, 0.3) is 0 Å². The van der Waals surface area contributed by atoms with Crippen LogP contribution in [0.3, 0.4) is 0 Å². The Morgan fingerprint density at radius 2 is 1.20 bits per heavy atom. The molecule has 0 saturated carbocycles. The standard InChI is InChI=1S/C15H37NO2Si2/c1-13(2)20(14(3)4,15(5)6)16(7)11-12-19(10,17-8)18-9/h13-15H,11-12H2,1-10H3. The van der Waals surface area contributed by atoms with Crippen molar-refractivity contribution in [2.24, 2.45) is 0 Å². The van der Waals surface area contributed by atoms with Crippen molar-refractivity contribution < 1.29 is 8.85 Å². The zero-order valence-electron chi connectivity index (χ0n) is 15.4. The highest BCUT2D eigenvalue weighted by Gasteiger charge is 2.47. The topological polar surface area (TPSA) is 21.7 Å². The molecule has 0 aliphatic carbocycles. The van der Waals surface area contributed by atoms with Gasteiger partial charge in [0, 0.05) is 20.3 Å². The van der Waals surface area contributed by atoms with Crippen LogP contribution in [-0.4, -0.2) is 49.2 Å². The third-order valence-corrected chi connectivity index (χ3v) is 15.2. The Morgan fingerprint density at radius 1 is 0.850 bits per heavy atom. The summed E-state index contributed by atoms with van der Waals surface area (Å²) < 4.78 is 14.0. The average Bonchev–Trinajstić information content (AvgIpc) is 2.35. The minimum Gasteiger partial charge on any atom is -0.398 e. The summed E-state index contributed by atoms with van der Waals surface area (Å²) in [6.45, 7) is 17.7. The summed E-state index contributed by atoms with van der Waals surface area (Å²) in [5.74, 6) is 0. The first-order valence-corrected chi connectivity index (χ1v) is 12.6. The quantitative estimate of drug-likeness (QED) is 0.586. The van der Waals surface area contributed by atoms with Gasteiger partial charge in [0.15, 0.2) is 0 Å². The van der Waals surface area contributed by atoms with E-state index in [0.29, 0.717) is 0 Å². The number of hydrogen-bond acceptors (Lipinski definition) is 3. The van der Waals surface area contributed by atoms with Crippen LogP contribution in [0.15, 0.2) is 0 Å². The first-order valence-electron chi connectivity index (χ1n) is 7.90. The third kappa shape index (κ3) is 4.16. The molecule has 0 bridgehead atoms. The van der Waals surface area contributed by atoms with Crippen LogP contribution in [0.2, 0.25) is 29.2 Å². The van der Waals surface area contributed by atoms with Crippen LogP contribution in [0, 0.1) is 0 Å². The Labute approximate surface area is 129 Å². The molecular formula is C15H37NO2Si2. The molecule has 0 aliphatic heterocycles. The summed E-state index contributed by atoms with van der Waals surface area (Å²) in [7, 11) is 2.42. The van der Waals surface area contributed by atoms with Crippen molar-refractivity contribution in [2.75, 3.05) is 27.8 Å². The van der Waals surface area contributed by atoms with E-state index in [2.05, 4.69) is 59.7 Å². The van der Waals surface area contributed by atoms with E-state index in [1.54, 1.807) is 14.2 Å². The van der Waals surface area contributed by atoms with Gasteiger partial charge in [-0.25, -0.2) is 0 Å². The van der Waals surface area contributed by atoms with Gasteiger partial charge in [0.25, 0.3) is 0 Å². The van der Waals surface area contributed by atoms with Gasteiger partial charge >= 0.3 is 8.56 Å². The summed E-state index contributed by atoms with van der Waals surface area (Å²) in [5.41, 5.74) is 2.27. The van der Waals surface area contributed by atoms with Crippen molar-refractivity contribution in [3.8, 4) is 0 Å². The zero-order valence-corrected chi connectivity index (χ0v) is 17.4. The van der Waals surface area contributed by atoms with E-state index >= 15 is 0 Å². The van der Waals surface area contributed by atoms with E-state index in [9.17, 15) is 0 Å². The fourth-order valence-electron chi connectivity index (χ4n) is 4.17. The van der Waals surface area contributed by atoms with Gasteiger partial charge < -0.3 is 13.4 Å². The maximum atomic E-state index is 5.64. The van der Waals surface area contributed by atoms with Crippen LogP contribution >= 0.6 is 0 Å². The van der Waals surface area contributed by atoms with Gasteiger partial charge in [0.2, 0.25) is 0 Å². The van der Waals surface area contributed by atoms with Crippen molar-refractivity contribution in [3.63, 3.8) is 0 Å². The van der Waals surface area contributed by atoms with Gasteiger partial charge in [0.05, 0.1) is 0 Å². The van der Waals surface area contributed by atoms with Gasteiger partial charge in [-0.05, 0) is 36.8 Å². The second-order valence-corrected chi connectivity index (χ2v) is 16.7. The summed E-state index contributed by atoms with van der Waals surface area (Å²) in [6.07, 6.45) is 0. The molecule has 0 fully saturated rings. The van der Waals surface area contributed by atoms with Crippen LogP contribution in [0.1, 0.15) is 41.5 Å². The fourth-order valence-corrected chi connectivity index (χ4v) is 12.9. The molecule has 0 radical (unpaired) electrons. The normalized spacial score (nSPS) is 14.1. The molecule has 20 heavy (non-hydrogen) atoms. The van der Waals surface area contributed by atoms with Crippen molar-refractivity contribution in [1.82, 2.24) is 4.57 Å². The van der Waals surface area contributed by atoms with E-state index in [-0.39, 0.29) is 0 Å². The fraction of sp³-hybridized carbons (Fsp3) is 1.00. The minimum atomic E-state index is -1.96. The van der Waals surface area contributed by atoms with Gasteiger partial charge in [-0.3, -0.25) is 0 Å². The molecule has 122 valence electrons. The lowest BCUT2D eigenvalue weighted by atomic mass is 10.5. The first-order chi connectivity index (χ1) is 9.08. The Kier molecular flexibility index (Phi) is 8.21. The lowest BCUT2D eigenvalue weighted by Gasteiger charge is -2.50. The van der Waals surface area contributed by atoms with Gasteiger partial charge in [-0.2, -0.15) is 0 Å². The molecular weight excluding hydrogens is 282 g/mol. The van der Waals surface area contributed by atoms with E-state index in [0.717, 1.165) is 29.2 Å². The molecule has 0 atom stereocenters. The Hall–Kier alpha value is 0.314. The number of rotatable bonds is 9. The van der Waals surface area contributed by atoms with E-state index in [4.69, 9.17) is 8.85 Å². The van der Waals surface area contributed by atoms with Gasteiger partial charge in [0.1, 0.15) is 8.24 Å². The molecule has 0 saturated heterocycles. The zero-order chi connectivity index (χ0) is 16.1. The smallest absolute Gasteiger partial charge is 0.335 e. The highest BCUT2D eigenvalue weighted by molar-refractivity contribution is 6.81. The molecule has 0 N–H and O–H groups in total. The van der Waals surface area contributed by atoms with Gasteiger partial charge in [-0.1, -0.05) is 41.5 Å². The van der Waals surface area contributed by atoms with Crippen LogP contribution in [-0.2, 0) is 8.85 Å². The highest BCUT2D eigenvalue weighted by atomic mass is 28.4. The summed E-state index contributed by atoms with van der Waals surface area (Å²) in [4.78, 5) is 0. The molecule has 0 rings (SSSR count). The molecule has 3 nitrogen and oxygen atoms in total. The van der Waals surface area contributed by atoms with Crippen LogP contribution < -0.4 is 0 Å². The predicted octanol–water partition coefficient (Wildman–Crippen LogP) is 4.46. The Bertz CT molecular complexity index is 257. The maximum absolute atomic E-state index is 5.64. The SMILES string of the molecule is CO[Si](C)(CCN(C)[Si](C(C)C)(C(C)C)C(C)C)OC. The maximum Gasteiger partial charge on any atom is 0.335 e. The number of nitrogens with zero attached hydrogens (tertiary/aromatic N) is 1. The largest absolute Gasteiger partial charge is 0.398 e. The molecule has 0 spiro atoms. The Balaban J connectivity index is 5.13. The van der Waals surface area contributed by atoms with Gasteiger partial charge in [-0.15, -0.1) is 0 Å². The monoisotopic (exact) mass is 319 g/mol. The first kappa shape index (κ1) is 20.3. The summed E-state index contributed by atoms with van der Waals surface area (Å²) in [6, 6.07) is 1.04. The predicted molar refractivity (Wildman–Crippen MR) is 94.1 cm³/mol. The second-order valence-electron chi connectivity index (χ2n) is 7.07. The summed E-state index contributed by atoms with van der Waals surface area (Å²) in [5, 5.41) is 0. The van der Waals surface area contributed by atoms with Crippen LogP contribution in [0.4, 0.5) is 0 Å². The van der Waals surface area contributed by atoms with E-state index in [1.807, 2.05) is 0 Å². The Morgan fingerprint density at radius 3 is 1.45 bits per heavy atom. The van der Waals surface area contributed by atoms with Crippen molar-refractivity contribution in [3.05, 3.63) is 0 Å². The molecule has 0 aromatic heterocycles. The van der Waals surface area contributed by atoms with E-state index < -0.39 is 16.8 Å². The minimum absolute atomic E-state index is 0.755. The highest BCUT2D eigenvalue weighted by Crippen LogP contribution is 2.43. The number of hydrogen-bond donors (Lipinski definition) is 0. The van der Waals surface area contributed by atoms with E-state index in [1.165, 1.54) is 0 Å². The molecule has 0 aliphatic rings. The van der Waals surface area contributed by atoms with Crippen molar-refractivity contribution >= 4 is 16.8 Å². The molecule has 0 amide bonds. The van der Waals surface area contributed by atoms with Crippen molar-refractivity contribution in [1.29, 1.82) is 0 Å². The van der Waals surface area contributed by atoms with Crippen LogP contribution in [0.5, 0.6) is 0 Å². The molecule has 0 heterocycles. The second kappa shape index (κ2) is 8.08. The molecule has 0 aromatic rings.